The highest BCUT2D eigenvalue weighted by molar-refractivity contribution is 5.91. The third-order valence-corrected chi connectivity index (χ3v) is 3.91. The topological polar surface area (TPSA) is 61.3 Å². The van der Waals surface area contributed by atoms with E-state index < -0.39 is 17.7 Å². The largest absolute Gasteiger partial charge is 0.472 e. The summed E-state index contributed by atoms with van der Waals surface area (Å²) in [6, 6.07) is 13.8. The first-order chi connectivity index (χ1) is 13.9. The van der Waals surface area contributed by atoms with Crippen LogP contribution in [0.25, 0.3) is 11.4 Å². The van der Waals surface area contributed by atoms with Gasteiger partial charge in [0.1, 0.15) is 12.2 Å². The zero-order valence-electron chi connectivity index (χ0n) is 15.4. The molecular weight excluding hydrogens is 385 g/mol. The van der Waals surface area contributed by atoms with Crippen molar-refractivity contribution in [3.63, 3.8) is 0 Å². The number of halogens is 3. The number of carbonyl (C=O) groups is 1. The maximum atomic E-state index is 12.9. The van der Waals surface area contributed by atoms with Crippen molar-refractivity contribution in [1.82, 2.24) is 9.97 Å². The van der Waals surface area contributed by atoms with Gasteiger partial charge in [-0.1, -0.05) is 42.5 Å². The van der Waals surface area contributed by atoms with Gasteiger partial charge in [0.2, 0.25) is 5.88 Å². The summed E-state index contributed by atoms with van der Waals surface area (Å²) in [5.74, 6) is -0.418. The van der Waals surface area contributed by atoms with Crippen LogP contribution < -0.4 is 4.74 Å². The number of rotatable bonds is 6. The fourth-order valence-corrected chi connectivity index (χ4v) is 2.54. The number of nitrogens with zero attached hydrogens (tertiary/aromatic N) is 2. The Balaban J connectivity index is 1.90. The lowest BCUT2D eigenvalue weighted by molar-refractivity contribution is -0.137. The molecule has 0 saturated heterocycles. The Hall–Kier alpha value is -3.42. The number of ether oxygens (including phenoxy) is 2. The third-order valence-electron chi connectivity index (χ3n) is 3.91. The van der Waals surface area contributed by atoms with E-state index in [9.17, 15) is 18.0 Å². The van der Waals surface area contributed by atoms with Crippen LogP contribution in [0.3, 0.4) is 0 Å². The first-order valence-corrected chi connectivity index (χ1v) is 8.77. The van der Waals surface area contributed by atoms with E-state index in [-0.39, 0.29) is 30.2 Å². The summed E-state index contributed by atoms with van der Waals surface area (Å²) in [7, 11) is 0. The van der Waals surface area contributed by atoms with E-state index in [4.69, 9.17) is 9.47 Å². The first kappa shape index (κ1) is 20.3. The Morgan fingerprint density at radius 1 is 1.07 bits per heavy atom. The molecule has 0 N–H and O–H groups in total. The summed E-state index contributed by atoms with van der Waals surface area (Å²) < 4.78 is 49.3. The molecular formula is C21H17F3N2O3. The number of hydrogen-bond donors (Lipinski definition) is 0. The fourth-order valence-electron chi connectivity index (χ4n) is 2.54. The zero-order chi connectivity index (χ0) is 20.9. The van der Waals surface area contributed by atoms with E-state index in [0.29, 0.717) is 11.4 Å². The highest BCUT2D eigenvalue weighted by Crippen LogP contribution is 2.30. The standard InChI is InChI=1S/C21H17F3N2O3/c1-2-28-20(27)17-12-25-18(15-8-4-3-5-9-15)26-19(17)29-13-14-7-6-10-16(11-14)21(22,23)24/h3-12H,2,13H2,1H3. The minimum atomic E-state index is -4.46. The van der Waals surface area contributed by atoms with Crippen LogP contribution >= 0.6 is 0 Å². The molecule has 3 rings (SSSR count). The molecule has 0 radical (unpaired) electrons. The van der Waals surface area contributed by atoms with Crippen LogP contribution in [-0.4, -0.2) is 22.5 Å². The van der Waals surface area contributed by atoms with Crippen molar-refractivity contribution in [2.75, 3.05) is 6.61 Å². The number of esters is 1. The Labute approximate surface area is 165 Å². The van der Waals surface area contributed by atoms with Crippen molar-refractivity contribution in [3.05, 3.63) is 77.5 Å². The summed E-state index contributed by atoms with van der Waals surface area (Å²) in [5, 5.41) is 0. The normalized spacial score (nSPS) is 11.2. The van der Waals surface area contributed by atoms with E-state index in [1.165, 1.54) is 18.3 Å². The second kappa shape index (κ2) is 8.72. The van der Waals surface area contributed by atoms with Gasteiger partial charge in [0.05, 0.1) is 12.2 Å². The molecule has 1 heterocycles. The second-order valence-electron chi connectivity index (χ2n) is 5.99. The van der Waals surface area contributed by atoms with Crippen LogP contribution in [0.15, 0.2) is 60.8 Å². The first-order valence-electron chi connectivity index (χ1n) is 8.77. The molecule has 5 nitrogen and oxygen atoms in total. The molecule has 0 saturated carbocycles. The summed E-state index contributed by atoms with van der Waals surface area (Å²) in [6.07, 6.45) is -3.17. The van der Waals surface area contributed by atoms with Gasteiger partial charge in [-0.2, -0.15) is 18.2 Å². The van der Waals surface area contributed by atoms with E-state index in [1.54, 1.807) is 31.2 Å². The van der Waals surface area contributed by atoms with Gasteiger partial charge in [-0.05, 0) is 24.6 Å². The average molecular weight is 402 g/mol. The van der Waals surface area contributed by atoms with Crippen molar-refractivity contribution in [3.8, 4) is 17.3 Å². The lowest BCUT2D eigenvalue weighted by atomic mass is 10.1. The van der Waals surface area contributed by atoms with Gasteiger partial charge in [0.25, 0.3) is 0 Å². The van der Waals surface area contributed by atoms with Crippen molar-refractivity contribution in [2.45, 2.75) is 19.7 Å². The number of carbonyl (C=O) groups excluding carboxylic acids is 1. The van der Waals surface area contributed by atoms with E-state index in [0.717, 1.165) is 12.1 Å². The molecule has 0 aliphatic heterocycles. The minimum Gasteiger partial charge on any atom is -0.472 e. The van der Waals surface area contributed by atoms with Crippen molar-refractivity contribution >= 4 is 5.97 Å². The van der Waals surface area contributed by atoms with Gasteiger partial charge in [0.15, 0.2) is 5.82 Å². The van der Waals surface area contributed by atoms with Crippen molar-refractivity contribution in [1.29, 1.82) is 0 Å². The predicted octanol–water partition coefficient (Wildman–Crippen LogP) is 4.92. The zero-order valence-corrected chi connectivity index (χ0v) is 15.4. The van der Waals surface area contributed by atoms with Gasteiger partial charge in [0, 0.05) is 11.8 Å². The Kier molecular flexibility index (Phi) is 6.11. The molecule has 0 spiro atoms. The minimum absolute atomic E-state index is 0.00138. The van der Waals surface area contributed by atoms with Crippen LogP contribution in [0.4, 0.5) is 13.2 Å². The number of aromatic nitrogens is 2. The number of alkyl halides is 3. The molecule has 0 fully saturated rings. The molecule has 0 unspecified atom stereocenters. The molecule has 1 aromatic heterocycles. The predicted molar refractivity (Wildman–Crippen MR) is 99.2 cm³/mol. The smallest absolute Gasteiger partial charge is 0.416 e. The van der Waals surface area contributed by atoms with Crippen LogP contribution in [-0.2, 0) is 17.5 Å². The molecule has 150 valence electrons. The Morgan fingerprint density at radius 2 is 1.83 bits per heavy atom. The molecule has 0 atom stereocenters. The summed E-state index contributed by atoms with van der Waals surface area (Å²) >= 11 is 0. The van der Waals surface area contributed by atoms with Crippen LogP contribution in [0.5, 0.6) is 5.88 Å². The summed E-state index contributed by atoms with van der Waals surface area (Å²) in [5.41, 5.74) is 0.205. The highest BCUT2D eigenvalue weighted by atomic mass is 19.4. The van der Waals surface area contributed by atoms with Crippen LogP contribution in [0.2, 0.25) is 0 Å². The van der Waals surface area contributed by atoms with Gasteiger partial charge in [-0.25, -0.2) is 9.78 Å². The van der Waals surface area contributed by atoms with Gasteiger partial charge < -0.3 is 9.47 Å². The second-order valence-corrected chi connectivity index (χ2v) is 5.99. The van der Waals surface area contributed by atoms with Gasteiger partial charge in [-0.3, -0.25) is 0 Å². The molecule has 8 heteroatoms. The molecule has 0 bridgehead atoms. The molecule has 0 aliphatic rings. The van der Waals surface area contributed by atoms with E-state index >= 15 is 0 Å². The Bertz CT molecular complexity index is 992. The number of benzene rings is 2. The summed E-state index contributed by atoms with van der Waals surface area (Å²) in [6.45, 7) is 1.59. The average Bonchev–Trinajstić information content (AvgIpc) is 2.72. The van der Waals surface area contributed by atoms with Crippen molar-refractivity contribution in [2.24, 2.45) is 0 Å². The molecule has 29 heavy (non-hydrogen) atoms. The SMILES string of the molecule is CCOC(=O)c1cnc(-c2ccccc2)nc1OCc1cccc(C(F)(F)F)c1. The maximum absolute atomic E-state index is 12.9. The Morgan fingerprint density at radius 3 is 2.52 bits per heavy atom. The highest BCUT2D eigenvalue weighted by Gasteiger charge is 2.30. The monoisotopic (exact) mass is 402 g/mol. The molecule has 2 aromatic carbocycles. The fraction of sp³-hybridized carbons (Fsp3) is 0.190. The van der Waals surface area contributed by atoms with Crippen LogP contribution in [0, 0.1) is 0 Å². The lowest BCUT2D eigenvalue weighted by Gasteiger charge is -2.12. The van der Waals surface area contributed by atoms with E-state index in [2.05, 4.69) is 9.97 Å². The summed E-state index contributed by atoms with van der Waals surface area (Å²) in [4.78, 5) is 20.6. The molecule has 0 amide bonds. The van der Waals surface area contributed by atoms with Crippen molar-refractivity contribution < 1.29 is 27.4 Å². The maximum Gasteiger partial charge on any atom is 0.416 e. The molecule has 3 aromatic rings. The van der Waals surface area contributed by atoms with Gasteiger partial charge in [-0.15, -0.1) is 0 Å². The number of hydrogen-bond acceptors (Lipinski definition) is 5. The van der Waals surface area contributed by atoms with Gasteiger partial charge >= 0.3 is 12.1 Å². The van der Waals surface area contributed by atoms with E-state index in [1.807, 2.05) is 6.07 Å². The third kappa shape index (κ3) is 5.10. The lowest BCUT2D eigenvalue weighted by Crippen LogP contribution is -2.11. The molecule has 0 aliphatic carbocycles. The van der Waals surface area contributed by atoms with Crippen LogP contribution in [0.1, 0.15) is 28.4 Å². The quantitative estimate of drug-likeness (QED) is 0.548.